The van der Waals surface area contributed by atoms with Crippen LogP contribution in [0.5, 0.6) is 0 Å². The molecule has 0 aliphatic rings. The summed E-state index contributed by atoms with van der Waals surface area (Å²) in [6, 6.07) is 67.6. The zero-order valence-corrected chi connectivity index (χ0v) is 36.0. The lowest BCUT2D eigenvalue weighted by Crippen LogP contribution is -2.12. The maximum atomic E-state index is 2.39. The Morgan fingerprint density at radius 2 is 0.517 bits per heavy atom. The van der Waals surface area contributed by atoms with Crippen molar-refractivity contribution in [2.45, 2.75) is 67.2 Å². The first kappa shape index (κ1) is 40.2. The minimum Gasteiger partial charge on any atom is -0.310 e. The van der Waals surface area contributed by atoms with Crippen molar-refractivity contribution in [2.75, 3.05) is 9.80 Å². The molecule has 0 N–H and O–H groups in total. The number of nitrogens with zero attached hydrogens (tertiary/aromatic N) is 2. The highest BCUT2D eigenvalue weighted by atomic mass is 15.1. The predicted molar refractivity (Wildman–Crippen MR) is 257 cm³/mol. The molecule has 8 aromatic rings. The molecule has 0 amide bonds. The van der Waals surface area contributed by atoms with Gasteiger partial charge < -0.3 is 9.80 Å². The number of aryl methyl sites for hydroxylation is 10. The second kappa shape index (κ2) is 18.1. The highest BCUT2D eigenvalue weighted by molar-refractivity contribution is 5.82. The fourth-order valence-corrected chi connectivity index (χ4v) is 8.28. The lowest BCUT2D eigenvalue weighted by atomic mass is 10.0. The van der Waals surface area contributed by atoms with E-state index >= 15 is 0 Å². The molecule has 0 radical (unpaired) electrons. The molecule has 8 aromatic carbocycles. The van der Waals surface area contributed by atoms with Crippen LogP contribution in [-0.2, 0) is 25.7 Å². The van der Waals surface area contributed by atoms with Crippen LogP contribution in [0, 0.1) is 41.5 Å². The van der Waals surface area contributed by atoms with E-state index in [2.05, 4.69) is 233 Å². The molecule has 0 aliphatic carbocycles. The summed E-state index contributed by atoms with van der Waals surface area (Å²) in [6.07, 6.45) is 4.11. The van der Waals surface area contributed by atoms with Crippen molar-refractivity contribution in [2.24, 2.45) is 0 Å². The van der Waals surface area contributed by atoms with E-state index in [9.17, 15) is 0 Å². The van der Waals surface area contributed by atoms with Crippen molar-refractivity contribution in [3.05, 3.63) is 238 Å². The Kier molecular flexibility index (Phi) is 12.1. The molecule has 0 unspecified atom stereocenters. The van der Waals surface area contributed by atoms with Crippen molar-refractivity contribution < 1.29 is 0 Å². The lowest BCUT2D eigenvalue weighted by Gasteiger charge is -2.28. The molecular weight excluding hydrogens is 725 g/mol. The van der Waals surface area contributed by atoms with Crippen molar-refractivity contribution >= 4 is 34.1 Å². The van der Waals surface area contributed by atoms with E-state index < -0.39 is 0 Å². The molecule has 0 bridgehead atoms. The van der Waals surface area contributed by atoms with E-state index in [-0.39, 0.29) is 0 Å². The monoisotopic (exact) mass is 780 g/mol. The third kappa shape index (κ3) is 9.46. The zero-order valence-electron chi connectivity index (χ0n) is 36.0. The predicted octanol–water partition coefficient (Wildman–Crippen LogP) is 15.7. The van der Waals surface area contributed by atoms with Gasteiger partial charge in [0, 0.05) is 34.1 Å². The van der Waals surface area contributed by atoms with Gasteiger partial charge >= 0.3 is 0 Å². The van der Waals surface area contributed by atoms with Gasteiger partial charge in [0.05, 0.1) is 0 Å². The van der Waals surface area contributed by atoms with Gasteiger partial charge in [0.2, 0.25) is 0 Å². The Morgan fingerprint density at radius 1 is 0.267 bits per heavy atom. The summed E-state index contributed by atoms with van der Waals surface area (Å²) in [6.45, 7) is 13.0. The van der Waals surface area contributed by atoms with Crippen molar-refractivity contribution in [1.29, 1.82) is 0 Å². The van der Waals surface area contributed by atoms with Gasteiger partial charge in [0.25, 0.3) is 0 Å². The first-order valence-corrected chi connectivity index (χ1v) is 21.4. The van der Waals surface area contributed by atoms with Gasteiger partial charge in [-0.15, -0.1) is 0 Å². The molecule has 2 nitrogen and oxygen atoms in total. The Morgan fingerprint density at radius 3 is 0.800 bits per heavy atom. The molecule has 0 spiro atoms. The Balaban J connectivity index is 1.04. The molecule has 8 rings (SSSR count). The highest BCUT2D eigenvalue weighted by Gasteiger charge is 2.17. The number of anilines is 6. The van der Waals surface area contributed by atoms with Crippen molar-refractivity contribution in [3.63, 3.8) is 0 Å². The summed E-state index contributed by atoms with van der Waals surface area (Å²) in [5.74, 6) is 0. The molecule has 0 aromatic heterocycles. The second-order valence-corrected chi connectivity index (χ2v) is 16.6. The molecule has 2 heteroatoms. The summed E-state index contributed by atoms with van der Waals surface area (Å²) < 4.78 is 0. The summed E-state index contributed by atoms with van der Waals surface area (Å²) >= 11 is 0. The number of benzene rings is 8. The van der Waals surface area contributed by atoms with Crippen LogP contribution in [0.25, 0.3) is 11.1 Å². The number of hydrogen-bond acceptors (Lipinski definition) is 2. The Bertz CT molecular complexity index is 2460. The minimum absolute atomic E-state index is 1.02. The van der Waals surface area contributed by atoms with Gasteiger partial charge in [-0.25, -0.2) is 0 Å². The van der Waals surface area contributed by atoms with E-state index in [4.69, 9.17) is 0 Å². The number of hydrogen-bond donors (Lipinski definition) is 0. The van der Waals surface area contributed by atoms with Crippen LogP contribution in [-0.4, -0.2) is 0 Å². The van der Waals surface area contributed by atoms with Gasteiger partial charge in [-0.3, -0.25) is 0 Å². The molecule has 0 fully saturated rings. The molecular formula is C58H56N2. The summed E-state index contributed by atoms with van der Waals surface area (Å²) in [5, 5.41) is 0. The quantitative estimate of drug-likeness (QED) is 0.115. The fraction of sp³-hybridized carbons (Fsp3) is 0.172. The Hall–Kier alpha value is -6.64. The van der Waals surface area contributed by atoms with Crippen LogP contribution in [0.2, 0.25) is 0 Å². The summed E-state index contributed by atoms with van der Waals surface area (Å²) in [4.78, 5) is 4.78. The normalized spacial score (nSPS) is 11.1. The van der Waals surface area contributed by atoms with Crippen molar-refractivity contribution in [3.8, 4) is 11.1 Å². The molecule has 0 aliphatic heterocycles. The first-order valence-electron chi connectivity index (χ1n) is 21.4. The fourth-order valence-electron chi connectivity index (χ4n) is 8.28. The van der Waals surface area contributed by atoms with E-state index in [0.717, 1.165) is 48.4 Å². The standard InChI is InChI=1S/C58H56N2/c1-41-7-13-47(14-8-41)17-19-49-21-29-53(30-22-49)59(57-37-11-43(3)39-45(57)5)55-33-25-51(26-34-55)52-27-35-56(36-28-52)60(58-38-12-44(4)40-46(58)6)54-31-23-50(24-32-54)20-18-48-15-9-42(2)10-16-48/h7-16,21-40H,17-20H2,1-6H3. The SMILES string of the molecule is Cc1ccc(CCc2ccc(N(c3ccc(-c4ccc(N(c5ccc(CCc6ccc(C)cc6)cc5)c5ccc(C)cc5C)cc4)cc3)c3ccc(C)cc3C)cc2)cc1. The first-order chi connectivity index (χ1) is 29.2. The number of rotatable bonds is 13. The van der Waals surface area contributed by atoms with Crippen LogP contribution in [0.3, 0.4) is 0 Å². The second-order valence-electron chi connectivity index (χ2n) is 16.6. The maximum Gasteiger partial charge on any atom is 0.0490 e. The lowest BCUT2D eigenvalue weighted by molar-refractivity contribution is 0.959. The van der Waals surface area contributed by atoms with Crippen molar-refractivity contribution in [1.82, 2.24) is 0 Å². The molecule has 0 saturated carbocycles. The third-order valence-corrected chi connectivity index (χ3v) is 11.8. The van der Waals surface area contributed by atoms with Crippen LogP contribution >= 0.6 is 0 Å². The van der Waals surface area contributed by atoms with Crippen LogP contribution < -0.4 is 9.80 Å². The average molecular weight is 781 g/mol. The minimum atomic E-state index is 1.02. The summed E-state index contributed by atoms with van der Waals surface area (Å²) in [5.41, 5.74) is 22.4. The summed E-state index contributed by atoms with van der Waals surface area (Å²) in [7, 11) is 0. The largest absolute Gasteiger partial charge is 0.310 e. The van der Waals surface area contributed by atoms with Gasteiger partial charge in [-0.2, -0.15) is 0 Å². The van der Waals surface area contributed by atoms with Crippen LogP contribution in [0.15, 0.2) is 182 Å². The van der Waals surface area contributed by atoms with E-state index in [1.54, 1.807) is 0 Å². The van der Waals surface area contributed by atoms with Crippen LogP contribution in [0.4, 0.5) is 34.1 Å². The molecule has 0 saturated heterocycles. The van der Waals surface area contributed by atoms with Gasteiger partial charge in [0.15, 0.2) is 0 Å². The van der Waals surface area contributed by atoms with Gasteiger partial charge in [0.1, 0.15) is 0 Å². The molecule has 60 heavy (non-hydrogen) atoms. The van der Waals surface area contributed by atoms with Gasteiger partial charge in [-0.05, 0) is 172 Å². The van der Waals surface area contributed by atoms with Gasteiger partial charge in [-0.1, -0.05) is 144 Å². The topological polar surface area (TPSA) is 6.48 Å². The molecule has 0 atom stereocenters. The van der Waals surface area contributed by atoms with E-state index in [1.807, 2.05) is 0 Å². The zero-order chi connectivity index (χ0) is 41.6. The van der Waals surface area contributed by atoms with Crippen LogP contribution in [0.1, 0.15) is 55.6 Å². The average Bonchev–Trinajstić information content (AvgIpc) is 3.26. The molecule has 0 heterocycles. The van der Waals surface area contributed by atoms with E-state index in [0.29, 0.717) is 0 Å². The third-order valence-electron chi connectivity index (χ3n) is 11.8. The smallest absolute Gasteiger partial charge is 0.0490 e. The van der Waals surface area contributed by atoms with E-state index in [1.165, 1.54) is 78.1 Å². The highest BCUT2D eigenvalue weighted by Crippen LogP contribution is 2.40. The Labute approximate surface area is 358 Å². The molecule has 298 valence electrons. The maximum absolute atomic E-state index is 2.39.